The van der Waals surface area contributed by atoms with E-state index in [4.69, 9.17) is 0 Å². The average molecular weight is 216 g/mol. The summed E-state index contributed by atoms with van der Waals surface area (Å²) in [5, 5.41) is 3.65. The van der Waals surface area contributed by atoms with E-state index in [-0.39, 0.29) is 18.1 Å². The molecule has 2 N–H and O–H groups in total. The SMILES string of the molecule is CC(=O)CC(=O)Nc1c[nH]c2ccccc12. The molecule has 0 fully saturated rings. The van der Waals surface area contributed by atoms with Crippen molar-refractivity contribution in [1.29, 1.82) is 0 Å². The summed E-state index contributed by atoms with van der Waals surface area (Å²) in [5.41, 5.74) is 1.67. The van der Waals surface area contributed by atoms with Crippen LogP contribution in [-0.4, -0.2) is 16.7 Å². The van der Waals surface area contributed by atoms with Crippen LogP contribution < -0.4 is 5.32 Å². The lowest BCUT2D eigenvalue weighted by Gasteiger charge is -2.01. The van der Waals surface area contributed by atoms with Gasteiger partial charge in [0.05, 0.1) is 12.1 Å². The monoisotopic (exact) mass is 216 g/mol. The second-order valence-electron chi connectivity index (χ2n) is 3.67. The minimum absolute atomic E-state index is 0.0838. The van der Waals surface area contributed by atoms with Gasteiger partial charge in [0.15, 0.2) is 0 Å². The van der Waals surface area contributed by atoms with Crippen LogP contribution in [0.25, 0.3) is 10.9 Å². The van der Waals surface area contributed by atoms with Crippen LogP contribution in [0.1, 0.15) is 13.3 Å². The topological polar surface area (TPSA) is 62.0 Å². The van der Waals surface area contributed by atoms with Crippen LogP contribution in [0.4, 0.5) is 5.69 Å². The smallest absolute Gasteiger partial charge is 0.231 e. The zero-order valence-electron chi connectivity index (χ0n) is 8.91. The first-order valence-corrected chi connectivity index (χ1v) is 5.02. The molecule has 0 saturated heterocycles. The van der Waals surface area contributed by atoms with Crippen molar-refractivity contribution in [1.82, 2.24) is 4.98 Å². The van der Waals surface area contributed by atoms with Gasteiger partial charge in [0.25, 0.3) is 0 Å². The van der Waals surface area contributed by atoms with Crippen LogP contribution in [0.2, 0.25) is 0 Å². The number of H-pyrrole nitrogens is 1. The fourth-order valence-corrected chi connectivity index (χ4v) is 1.60. The minimum Gasteiger partial charge on any atom is -0.359 e. The number of fused-ring (bicyclic) bond motifs is 1. The molecule has 0 bridgehead atoms. The van der Waals surface area contributed by atoms with Gasteiger partial charge < -0.3 is 10.3 Å². The molecule has 0 aliphatic heterocycles. The predicted octanol–water partition coefficient (Wildman–Crippen LogP) is 2.09. The van der Waals surface area contributed by atoms with E-state index >= 15 is 0 Å². The van der Waals surface area contributed by atoms with Gasteiger partial charge in [-0.25, -0.2) is 0 Å². The first kappa shape index (κ1) is 10.4. The summed E-state index contributed by atoms with van der Waals surface area (Å²) in [5.74, 6) is -0.422. The van der Waals surface area contributed by atoms with Gasteiger partial charge in [0, 0.05) is 17.1 Å². The molecule has 0 unspecified atom stereocenters. The van der Waals surface area contributed by atoms with E-state index in [9.17, 15) is 9.59 Å². The summed E-state index contributed by atoms with van der Waals surface area (Å²) >= 11 is 0. The second-order valence-corrected chi connectivity index (χ2v) is 3.67. The molecule has 2 aromatic rings. The van der Waals surface area contributed by atoms with Crippen LogP contribution in [-0.2, 0) is 9.59 Å². The number of carbonyl (C=O) groups excluding carboxylic acids is 2. The number of amides is 1. The molecule has 4 heteroatoms. The van der Waals surface area contributed by atoms with Crippen LogP contribution in [0.15, 0.2) is 30.5 Å². The molecule has 0 atom stereocenters. The van der Waals surface area contributed by atoms with Gasteiger partial charge in [-0.3, -0.25) is 9.59 Å². The first-order chi connectivity index (χ1) is 7.66. The number of hydrogen-bond acceptors (Lipinski definition) is 2. The fraction of sp³-hybridized carbons (Fsp3) is 0.167. The number of rotatable bonds is 3. The van der Waals surface area contributed by atoms with Crippen LogP contribution in [0.5, 0.6) is 0 Å². The van der Waals surface area contributed by atoms with Crippen molar-refractivity contribution in [3.05, 3.63) is 30.5 Å². The zero-order chi connectivity index (χ0) is 11.5. The van der Waals surface area contributed by atoms with E-state index in [1.165, 1.54) is 6.92 Å². The van der Waals surface area contributed by atoms with E-state index in [0.717, 1.165) is 10.9 Å². The van der Waals surface area contributed by atoms with Crippen molar-refractivity contribution in [2.24, 2.45) is 0 Å². The number of carbonyl (C=O) groups is 2. The number of benzene rings is 1. The number of aromatic amines is 1. The molecule has 1 amide bonds. The van der Waals surface area contributed by atoms with Crippen LogP contribution in [0.3, 0.4) is 0 Å². The Bertz CT molecular complexity index is 543. The largest absolute Gasteiger partial charge is 0.359 e. The van der Waals surface area contributed by atoms with E-state index in [2.05, 4.69) is 10.3 Å². The quantitative estimate of drug-likeness (QED) is 0.771. The lowest BCUT2D eigenvalue weighted by molar-refractivity contribution is -0.124. The molecule has 0 spiro atoms. The third kappa shape index (κ3) is 2.11. The zero-order valence-corrected chi connectivity index (χ0v) is 8.91. The lowest BCUT2D eigenvalue weighted by Crippen LogP contribution is -2.14. The molecular weight excluding hydrogens is 204 g/mol. The number of hydrogen-bond donors (Lipinski definition) is 2. The fourth-order valence-electron chi connectivity index (χ4n) is 1.60. The average Bonchev–Trinajstić information content (AvgIpc) is 2.61. The Hall–Kier alpha value is -2.10. The molecule has 4 nitrogen and oxygen atoms in total. The number of para-hydroxylation sites is 1. The molecule has 2 rings (SSSR count). The Kier molecular flexibility index (Phi) is 2.72. The number of nitrogens with one attached hydrogen (secondary N) is 2. The number of Topliss-reactive ketones (excluding diaryl/α,β-unsaturated/α-hetero) is 1. The van der Waals surface area contributed by atoms with Gasteiger partial charge in [-0.05, 0) is 13.0 Å². The molecule has 1 aromatic heterocycles. The van der Waals surface area contributed by atoms with Gasteiger partial charge in [-0.15, -0.1) is 0 Å². The summed E-state index contributed by atoms with van der Waals surface area (Å²) in [6.45, 7) is 1.40. The summed E-state index contributed by atoms with van der Waals surface area (Å²) < 4.78 is 0. The van der Waals surface area contributed by atoms with Crippen LogP contribution in [0, 0.1) is 0 Å². The highest BCUT2D eigenvalue weighted by Gasteiger charge is 2.08. The predicted molar refractivity (Wildman–Crippen MR) is 62.2 cm³/mol. The molecule has 1 aromatic carbocycles. The Morgan fingerprint density at radius 3 is 2.81 bits per heavy atom. The maximum absolute atomic E-state index is 11.4. The maximum Gasteiger partial charge on any atom is 0.231 e. The molecule has 1 heterocycles. The number of aromatic nitrogens is 1. The summed E-state index contributed by atoms with van der Waals surface area (Å²) in [7, 11) is 0. The Labute approximate surface area is 92.7 Å². The molecule has 0 aliphatic rings. The summed E-state index contributed by atoms with van der Waals surface area (Å²) in [6.07, 6.45) is 1.64. The maximum atomic E-state index is 11.4. The Morgan fingerprint density at radius 1 is 1.31 bits per heavy atom. The van der Waals surface area contributed by atoms with Gasteiger partial charge in [0.1, 0.15) is 5.78 Å². The van der Waals surface area contributed by atoms with E-state index in [1.54, 1.807) is 6.20 Å². The van der Waals surface area contributed by atoms with Crippen LogP contribution >= 0.6 is 0 Å². The van der Waals surface area contributed by atoms with Crippen molar-refractivity contribution in [3.63, 3.8) is 0 Å². The Balaban J connectivity index is 2.21. The standard InChI is InChI=1S/C12H12N2O2/c1-8(15)6-12(16)14-11-7-13-10-5-3-2-4-9(10)11/h2-5,7,13H,6H2,1H3,(H,14,16). The molecule has 82 valence electrons. The molecule has 0 saturated carbocycles. The van der Waals surface area contributed by atoms with Crippen molar-refractivity contribution >= 4 is 28.3 Å². The third-order valence-corrected chi connectivity index (χ3v) is 2.27. The van der Waals surface area contributed by atoms with E-state index in [1.807, 2.05) is 24.3 Å². The molecule has 16 heavy (non-hydrogen) atoms. The first-order valence-electron chi connectivity index (χ1n) is 5.02. The normalized spacial score (nSPS) is 10.3. The van der Waals surface area contributed by atoms with Crippen molar-refractivity contribution in [3.8, 4) is 0 Å². The van der Waals surface area contributed by atoms with Crippen molar-refractivity contribution < 1.29 is 9.59 Å². The van der Waals surface area contributed by atoms with Crippen molar-refractivity contribution in [2.75, 3.05) is 5.32 Å². The second kappa shape index (κ2) is 4.18. The van der Waals surface area contributed by atoms with Gasteiger partial charge >= 0.3 is 0 Å². The van der Waals surface area contributed by atoms with Crippen molar-refractivity contribution in [2.45, 2.75) is 13.3 Å². The lowest BCUT2D eigenvalue weighted by atomic mass is 10.2. The minimum atomic E-state index is -0.280. The highest BCUT2D eigenvalue weighted by molar-refractivity contribution is 6.07. The molecule has 0 aliphatic carbocycles. The van der Waals surface area contributed by atoms with Gasteiger partial charge in [0.2, 0.25) is 5.91 Å². The number of ketones is 1. The third-order valence-electron chi connectivity index (χ3n) is 2.27. The van der Waals surface area contributed by atoms with Gasteiger partial charge in [-0.2, -0.15) is 0 Å². The van der Waals surface area contributed by atoms with E-state index < -0.39 is 0 Å². The van der Waals surface area contributed by atoms with Gasteiger partial charge in [-0.1, -0.05) is 18.2 Å². The molecule has 0 radical (unpaired) electrons. The highest BCUT2D eigenvalue weighted by Crippen LogP contribution is 2.22. The van der Waals surface area contributed by atoms with E-state index in [0.29, 0.717) is 5.69 Å². The Morgan fingerprint density at radius 2 is 2.06 bits per heavy atom. The number of anilines is 1. The highest BCUT2D eigenvalue weighted by atomic mass is 16.2. The summed E-state index contributed by atoms with van der Waals surface area (Å²) in [6, 6.07) is 7.65. The summed E-state index contributed by atoms with van der Waals surface area (Å²) in [4.78, 5) is 25.2. The molecular formula is C12H12N2O2.